The lowest BCUT2D eigenvalue weighted by Crippen LogP contribution is -2.21. The van der Waals surface area contributed by atoms with E-state index >= 15 is 0 Å². The van der Waals surface area contributed by atoms with E-state index in [1.165, 1.54) is 6.42 Å². The molecule has 2 atom stereocenters. The molecule has 1 aliphatic carbocycles. The highest BCUT2D eigenvalue weighted by atomic mass is 16.5. The zero-order valence-corrected chi connectivity index (χ0v) is 11.8. The summed E-state index contributed by atoms with van der Waals surface area (Å²) in [5, 5.41) is 12.6. The van der Waals surface area contributed by atoms with Crippen molar-refractivity contribution in [1.29, 1.82) is 0 Å². The first-order valence-electron chi connectivity index (χ1n) is 6.95. The molecule has 0 radical (unpaired) electrons. The summed E-state index contributed by atoms with van der Waals surface area (Å²) < 4.78 is 5.04. The van der Waals surface area contributed by atoms with Gasteiger partial charge in [0.25, 0.3) is 0 Å². The van der Waals surface area contributed by atoms with Crippen LogP contribution in [0, 0.1) is 11.8 Å². The third-order valence-electron chi connectivity index (χ3n) is 3.79. The molecule has 1 aromatic rings. The van der Waals surface area contributed by atoms with Crippen molar-refractivity contribution in [2.45, 2.75) is 25.9 Å². The Morgan fingerprint density at radius 3 is 2.80 bits per heavy atom. The molecule has 20 heavy (non-hydrogen) atoms. The van der Waals surface area contributed by atoms with Crippen molar-refractivity contribution < 1.29 is 9.84 Å². The summed E-state index contributed by atoms with van der Waals surface area (Å²) in [7, 11) is 1.60. The van der Waals surface area contributed by atoms with E-state index < -0.39 is 0 Å². The molecule has 7 nitrogen and oxygen atoms in total. The van der Waals surface area contributed by atoms with Crippen LogP contribution in [0.15, 0.2) is 6.07 Å². The van der Waals surface area contributed by atoms with Crippen LogP contribution >= 0.6 is 0 Å². The molecule has 1 aromatic heterocycles. The maximum atomic E-state index is 9.33. The molecular weight excluding hydrogens is 258 g/mol. The van der Waals surface area contributed by atoms with Gasteiger partial charge in [0.1, 0.15) is 18.2 Å². The molecule has 0 spiro atoms. The largest absolute Gasteiger partial charge is 0.396 e. The van der Waals surface area contributed by atoms with E-state index in [1.54, 1.807) is 13.2 Å². The van der Waals surface area contributed by atoms with Crippen molar-refractivity contribution in [3.63, 3.8) is 0 Å². The van der Waals surface area contributed by atoms with E-state index in [0.29, 0.717) is 30.1 Å². The van der Waals surface area contributed by atoms with Gasteiger partial charge in [0.2, 0.25) is 0 Å². The molecule has 2 rings (SSSR count). The van der Waals surface area contributed by atoms with Gasteiger partial charge in [-0.05, 0) is 24.7 Å². The van der Waals surface area contributed by atoms with Crippen LogP contribution in [0.1, 0.15) is 25.1 Å². The maximum Gasteiger partial charge on any atom is 0.158 e. The van der Waals surface area contributed by atoms with Gasteiger partial charge in [0.15, 0.2) is 5.82 Å². The van der Waals surface area contributed by atoms with Crippen molar-refractivity contribution in [3.8, 4) is 0 Å². The lowest BCUT2D eigenvalue weighted by atomic mass is 9.97. The molecule has 0 amide bonds. The molecular formula is C13H23N5O2. The van der Waals surface area contributed by atoms with Crippen molar-refractivity contribution >= 4 is 11.6 Å². The fourth-order valence-electron chi connectivity index (χ4n) is 2.71. The third kappa shape index (κ3) is 3.78. The van der Waals surface area contributed by atoms with Gasteiger partial charge < -0.3 is 20.6 Å². The summed E-state index contributed by atoms with van der Waals surface area (Å²) in [6.45, 7) is 1.41. The molecule has 7 heteroatoms. The molecule has 0 aliphatic heterocycles. The fourth-order valence-corrected chi connectivity index (χ4v) is 2.71. The summed E-state index contributed by atoms with van der Waals surface area (Å²) in [4.78, 5) is 8.58. The van der Waals surface area contributed by atoms with Gasteiger partial charge in [-0.2, -0.15) is 0 Å². The van der Waals surface area contributed by atoms with Crippen molar-refractivity contribution in [1.82, 2.24) is 9.97 Å². The Morgan fingerprint density at radius 1 is 1.35 bits per heavy atom. The van der Waals surface area contributed by atoms with Gasteiger partial charge in [0, 0.05) is 26.3 Å². The molecule has 2 unspecified atom stereocenters. The highest BCUT2D eigenvalue weighted by Gasteiger charge is 2.26. The number of nitrogens with one attached hydrogen (secondary N) is 2. The van der Waals surface area contributed by atoms with Crippen LogP contribution in [0.5, 0.6) is 0 Å². The number of aromatic nitrogens is 2. The molecule has 5 N–H and O–H groups in total. The second-order valence-electron chi connectivity index (χ2n) is 5.15. The number of hydrogen-bond acceptors (Lipinski definition) is 7. The number of hydrogen-bond donors (Lipinski definition) is 4. The number of rotatable bonds is 7. The number of ether oxygens (including phenoxy) is 1. The van der Waals surface area contributed by atoms with E-state index in [4.69, 9.17) is 10.6 Å². The standard InChI is InChI=1S/C13H23N5O2/c1-20-8-13-16-11(5-12(17-13)18-14)15-6-9-3-2-4-10(9)7-19/h5,9-10,19H,2-4,6-8,14H2,1H3,(H2,15,16,17,18). The number of aliphatic hydroxyl groups excluding tert-OH is 1. The zero-order valence-electron chi connectivity index (χ0n) is 11.8. The average molecular weight is 281 g/mol. The average Bonchev–Trinajstić information content (AvgIpc) is 2.92. The second-order valence-corrected chi connectivity index (χ2v) is 5.15. The van der Waals surface area contributed by atoms with Crippen LogP contribution in [0.25, 0.3) is 0 Å². The van der Waals surface area contributed by atoms with Gasteiger partial charge >= 0.3 is 0 Å². The number of nitrogen functional groups attached to an aromatic ring is 1. The fraction of sp³-hybridized carbons (Fsp3) is 0.692. The highest BCUT2D eigenvalue weighted by molar-refractivity contribution is 5.46. The van der Waals surface area contributed by atoms with Crippen molar-refractivity contribution in [2.24, 2.45) is 17.7 Å². The predicted molar refractivity (Wildman–Crippen MR) is 77.0 cm³/mol. The molecule has 0 saturated heterocycles. The van der Waals surface area contributed by atoms with Crippen molar-refractivity contribution in [3.05, 3.63) is 11.9 Å². The van der Waals surface area contributed by atoms with E-state index in [0.717, 1.165) is 25.2 Å². The maximum absolute atomic E-state index is 9.33. The third-order valence-corrected chi connectivity index (χ3v) is 3.79. The van der Waals surface area contributed by atoms with E-state index in [-0.39, 0.29) is 6.61 Å². The highest BCUT2D eigenvalue weighted by Crippen LogP contribution is 2.31. The SMILES string of the molecule is COCc1nc(NN)cc(NCC2CCCC2CO)n1. The summed E-state index contributed by atoms with van der Waals surface area (Å²) in [5.41, 5.74) is 2.53. The Labute approximate surface area is 118 Å². The number of anilines is 2. The predicted octanol–water partition coefficient (Wildman–Crippen LogP) is 0.729. The first kappa shape index (κ1) is 15.0. The quantitative estimate of drug-likeness (QED) is 0.431. The van der Waals surface area contributed by atoms with Crippen LogP contribution in [0.3, 0.4) is 0 Å². The van der Waals surface area contributed by atoms with E-state index in [9.17, 15) is 5.11 Å². The summed E-state index contributed by atoms with van der Waals surface area (Å²) in [5.74, 6) is 8.16. The van der Waals surface area contributed by atoms with Gasteiger partial charge in [-0.25, -0.2) is 15.8 Å². The van der Waals surface area contributed by atoms with Crippen molar-refractivity contribution in [2.75, 3.05) is 31.0 Å². The van der Waals surface area contributed by atoms with Crippen LogP contribution in [-0.2, 0) is 11.3 Å². The molecule has 1 saturated carbocycles. The molecule has 0 aromatic carbocycles. The number of methoxy groups -OCH3 is 1. The summed E-state index contributed by atoms with van der Waals surface area (Å²) in [6, 6.07) is 1.77. The Hall–Kier alpha value is -1.44. The Bertz CT molecular complexity index is 429. The van der Waals surface area contributed by atoms with Gasteiger partial charge in [-0.3, -0.25) is 0 Å². The van der Waals surface area contributed by atoms with Gasteiger partial charge in [0.05, 0.1) is 0 Å². The number of aliphatic hydroxyl groups is 1. The van der Waals surface area contributed by atoms with Gasteiger partial charge in [-0.15, -0.1) is 0 Å². The lowest BCUT2D eigenvalue weighted by molar-refractivity contribution is 0.178. The second kappa shape index (κ2) is 7.37. The smallest absolute Gasteiger partial charge is 0.158 e. The first-order valence-corrected chi connectivity index (χ1v) is 6.95. The van der Waals surface area contributed by atoms with Crippen LogP contribution in [0.2, 0.25) is 0 Å². The molecule has 112 valence electrons. The van der Waals surface area contributed by atoms with Crippen LogP contribution in [0.4, 0.5) is 11.6 Å². The molecule has 1 fully saturated rings. The lowest BCUT2D eigenvalue weighted by Gasteiger charge is -2.18. The number of nitrogens with two attached hydrogens (primary N) is 1. The molecule has 1 aliphatic rings. The first-order chi connectivity index (χ1) is 9.76. The number of nitrogens with zero attached hydrogens (tertiary/aromatic N) is 2. The van der Waals surface area contributed by atoms with E-state index in [1.807, 2.05) is 0 Å². The van der Waals surface area contributed by atoms with Gasteiger partial charge in [-0.1, -0.05) is 6.42 Å². The monoisotopic (exact) mass is 281 g/mol. The zero-order chi connectivity index (χ0) is 14.4. The minimum Gasteiger partial charge on any atom is -0.396 e. The van der Waals surface area contributed by atoms with E-state index in [2.05, 4.69) is 20.7 Å². The number of hydrazine groups is 1. The topological polar surface area (TPSA) is 105 Å². The Morgan fingerprint density at radius 2 is 2.10 bits per heavy atom. The van der Waals surface area contributed by atoms with Crippen LogP contribution < -0.4 is 16.6 Å². The minimum atomic E-state index is 0.265. The molecule has 0 bridgehead atoms. The molecule has 1 heterocycles. The summed E-state index contributed by atoms with van der Waals surface area (Å²) in [6.07, 6.45) is 3.44. The van der Waals surface area contributed by atoms with Crippen LogP contribution in [-0.4, -0.2) is 35.3 Å². The Kier molecular flexibility index (Phi) is 5.51. The normalized spacial score (nSPS) is 21.9. The summed E-state index contributed by atoms with van der Waals surface area (Å²) >= 11 is 0. The Balaban J connectivity index is 1.99. The minimum absolute atomic E-state index is 0.265.